The van der Waals surface area contributed by atoms with Gasteiger partial charge in [-0.3, -0.25) is 9.11 Å². The molecule has 0 amide bonds. The molecule has 0 unspecified atom stereocenters. The maximum absolute atomic E-state index is 11.3. The van der Waals surface area contributed by atoms with Crippen LogP contribution in [0.5, 0.6) is 0 Å². The zero-order valence-electron chi connectivity index (χ0n) is 9.81. The molecule has 0 aliphatic carbocycles. The second kappa shape index (κ2) is 4.31. The highest BCUT2D eigenvalue weighted by Crippen LogP contribution is 2.36. The zero-order chi connectivity index (χ0) is 15.3. The van der Waals surface area contributed by atoms with Gasteiger partial charge in [0.2, 0.25) is 0 Å². The van der Waals surface area contributed by atoms with Gasteiger partial charge in [0.15, 0.2) is 0 Å². The molecule has 0 radical (unpaired) electrons. The molecular formula is C10H10N2O6S2. The fourth-order valence-corrected chi connectivity index (χ4v) is 3.35. The summed E-state index contributed by atoms with van der Waals surface area (Å²) in [4.78, 5) is -1.19. The van der Waals surface area contributed by atoms with Gasteiger partial charge in [-0.05, 0) is 24.3 Å². The Bertz CT molecular complexity index is 841. The second-order valence-electron chi connectivity index (χ2n) is 4.01. The molecule has 0 aliphatic rings. The molecule has 0 saturated heterocycles. The summed E-state index contributed by atoms with van der Waals surface area (Å²) in [6.07, 6.45) is 0. The van der Waals surface area contributed by atoms with Crippen LogP contribution < -0.4 is 11.5 Å². The Morgan fingerprint density at radius 1 is 0.700 bits per heavy atom. The van der Waals surface area contributed by atoms with Crippen LogP contribution in [-0.4, -0.2) is 25.9 Å². The van der Waals surface area contributed by atoms with E-state index >= 15 is 0 Å². The highest BCUT2D eigenvalue weighted by atomic mass is 32.2. The van der Waals surface area contributed by atoms with Crippen LogP contribution in [0, 0.1) is 0 Å². The lowest BCUT2D eigenvalue weighted by atomic mass is 10.1. The summed E-state index contributed by atoms with van der Waals surface area (Å²) < 4.78 is 63.6. The fraction of sp³-hybridized carbons (Fsp3) is 0. The molecule has 0 saturated carbocycles. The van der Waals surface area contributed by atoms with E-state index < -0.39 is 30.0 Å². The highest BCUT2D eigenvalue weighted by molar-refractivity contribution is 7.86. The van der Waals surface area contributed by atoms with Crippen molar-refractivity contribution in [1.82, 2.24) is 0 Å². The Morgan fingerprint density at radius 2 is 1.00 bits per heavy atom. The van der Waals surface area contributed by atoms with Gasteiger partial charge in [0, 0.05) is 22.1 Å². The molecule has 2 aromatic carbocycles. The summed E-state index contributed by atoms with van der Waals surface area (Å²) in [5, 5.41) is -0.523. The first-order valence-electron chi connectivity index (χ1n) is 5.09. The number of nitrogen functional groups attached to an aromatic ring is 2. The van der Waals surface area contributed by atoms with E-state index in [1.54, 1.807) is 0 Å². The lowest BCUT2D eigenvalue weighted by Gasteiger charge is -2.12. The standard InChI is InChI=1S/C10H10N2O6S2/c11-5-1-3-7(19(13,14)15)10-6(12)2-4-8(9(5)10)20(16,17)18/h1-4H,11-12H2,(H,13,14,15)(H,16,17,18). The van der Waals surface area contributed by atoms with Gasteiger partial charge < -0.3 is 11.5 Å². The summed E-state index contributed by atoms with van der Waals surface area (Å²) in [6.45, 7) is 0. The quantitative estimate of drug-likeness (QED) is 0.459. The number of nitrogens with two attached hydrogens (primary N) is 2. The number of anilines is 2. The van der Waals surface area contributed by atoms with Crippen molar-refractivity contribution in [2.75, 3.05) is 11.5 Å². The first-order valence-corrected chi connectivity index (χ1v) is 7.97. The van der Waals surface area contributed by atoms with Crippen molar-refractivity contribution in [2.24, 2.45) is 0 Å². The van der Waals surface area contributed by atoms with Crippen LogP contribution in [0.15, 0.2) is 34.1 Å². The van der Waals surface area contributed by atoms with Crippen LogP contribution in [0.25, 0.3) is 10.8 Å². The smallest absolute Gasteiger partial charge is 0.295 e. The van der Waals surface area contributed by atoms with E-state index in [-0.39, 0.29) is 22.1 Å². The van der Waals surface area contributed by atoms with Gasteiger partial charge >= 0.3 is 0 Å². The topological polar surface area (TPSA) is 161 Å². The minimum atomic E-state index is -4.64. The van der Waals surface area contributed by atoms with Crippen molar-refractivity contribution in [3.05, 3.63) is 24.3 Å². The second-order valence-corrected chi connectivity index (χ2v) is 6.79. The molecule has 6 N–H and O–H groups in total. The summed E-state index contributed by atoms with van der Waals surface area (Å²) in [5.74, 6) is 0. The van der Waals surface area contributed by atoms with Crippen LogP contribution in [0.2, 0.25) is 0 Å². The van der Waals surface area contributed by atoms with Gasteiger partial charge in [0.1, 0.15) is 9.79 Å². The van der Waals surface area contributed by atoms with Crippen LogP contribution in [0.1, 0.15) is 0 Å². The summed E-state index contributed by atoms with van der Waals surface area (Å²) in [7, 11) is -9.29. The van der Waals surface area contributed by atoms with Crippen LogP contribution >= 0.6 is 0 Å². The van der Waals surface area contributed by atoms with Gasteiger partial charge in [-0.15, -0.1) is 0 Å². The van der Waals surface area contributed by atoms with E-state index in [1.807, 2.05) is 0 Å². The molecule has 2 rings (SSSR count). The van der Waals surface area contributed by atoms with Crippen molar-refractivity contribution in [3.8, 4) is 0 Å². The van der Waals surface area contributed by atoms with Crippen LogP contribution in [-0.2, 0) is 20.2 Å². The fourth-order valence-electron chi connectivity index (χ4n) is 1.91. The Kier molecular flexibility index (Phi) is 3.13. The molecule has 0 fully saturated rings. The van der Waals surface area contributed by atoms with Gasteiger partial charge in [0.25, 0.3) is 20.2 Å². The van der Waals surface area contributed by atoms with E-state index in [1.165, 1.54) is 0 Å². The third kappa shape index (κ3) is 2.29. The first-order chi connectivity index (χ1) is 9.03. The maximum Gasteiger partial charge on any atom is 0.295 e. The molecule has 0 spiro atoms. The molecule has 0 aromatic heterocycles. The Hall–Kier alpha value is -1.88. The third-order valence-electron chi connectivity index (χ3n) is 2.70. The molecule has 8 nitrogen and oxygen atoms in total. The summed E-state index contributed by atoms with van der Waals surface area (Å²) >= 11 is 0. The predicted octanol–water partition coefficient (Wildman–Crippen LogP) is 0.498. The van der Waals surface area contributed by atoms with Crippen LogP contribution in [0.4, 0.5) is 11.4 Å². The molecule has 2 aromatic rings. The molecular weight excluding hydrogens is 308 g/mol. The third-order valence-corrected chi connectivity index (χ3v) is 4.50. The number of rotatable bonds is 2. The van der Waals surface area contributed by atoms with Crippen molar-refractivity contribution in [3.63, 3.8) is 0 Å². The van der Waals surface area contributed by atoms with Crippen molar-refractivity contribution in [2.45, 2.75) is 9.79 Å². The minimum absolute atomic E-state index is 0.104. The average molecular weight is 318 g/mol. The molecule has 10 heteroatoms. The van der Waals surface area contributed by atoms with Gasteiger partial charge in [-0.1, -0.05) is 0 Å². The van der Waals surface area contributed by atoms with E-state index in [0.717, 1.165) is 24.3 Å². The molecule has 0 heterocycles. The molecule has 0 atom stereocenters. The Morgan fingerprint density at radius 3 is 1.25 bits per heavy atom. The number of hydrogen-bond donors (Lipinski definition) is 4. The zero-order valence-corrected chi connectivity index (χ0v) is 11.4. The molecule has 0 bridgehead atoms. The van der Waals surface area contributed by atoms with E-state index in [2.05, 4.69) is 0 Å². The van der Waals surface area contributed by atoms with Crippen LogP contribution in [0.3, 0.4) is 0 Å². The van der Waals surface area contributed by atoms with E-state index in [9.17, 15) is 16.8 Å². The summed E-state index contributed by atoms with van der Waals surface area (Å²) in [5.41, 5.74) is 11.0. The van der Waals surface area contributed by atoms with Gasteiger partial charge in [0.05, 0.1) is 0 Å². The lowest BCUT2D eigenvalue weighted by Crippen LogP contribution is -2.06. The highest BCUT2D eigenvalue weighted by Gasteiger charge is 2.23. The van der Waals surface area contributed by atoms with Crippen molar-refractivity contribution in [1.29, 1.82) is 0 Å². The molecule has 108 valence electrons. The molecule has 20 heavy (non-hydrogen) atoms. The van der Waals surface area contributed by atoms with E-state index in [4.69, 9.17) is 20.6 Å². The summed E-state index contributed by atoms with van der Waals surface area (Å²) in [6, 6.07) is 4.19. The normalized spacial score (nSPS) is 12.7. The maximum atomic E-state index is 11.3. The lowest BCUT2D eigenvalue weighted by molar-refractivity contribution is 0.481. The SMILES string of the molecule is Nc1ccc(S(=O)(=O)O)c2c(N)ccc(S(=O)(=O)O)c12. The van der Waals surface area contributed by atoms with Crippen molar-refractivity contribution < 1.29 is 25.9 Å². The minimum Gasteiger partial charge on any atom is -0.398 e. The first kappa shape index (κ1) is 14.5. The number of benzene rings is 2. The largest absolute Gasteiger partial charge is 0.398 e. The molecule has 0 aliphatic heterocycles. The van der Waals surface area contributed by atoms with E-state index in [0.29, 0.717) is 0 Å². The van der Waals surface area contributed by atoms with Gasteiger partial charge in [-0.25, -0.2) is 0 Å². The number of fused-ring (bicyclic) bond motifs is 1. The average Bonchev–Trinajstić information content (AvgIpc) is 2.27. The monoisotopic (exact) mass is 318 g/mol. The number of hydrogen-bond acceptors (Lipinski definition) is 6. The Balaban J connectivity index is 3.18. The predicted molar refractivity (Wildman–Crippen MR) is 72.4 cm³/mol. The van der Waals surface area contributed by atoms with Crippen molar-refractivity contribution >= 4 is 42.4 Å². The Labute approximate surface area is 114 Å². The van der Waals surface area contributed by atoms with Gasteiger partial charge in [-0.2, -0.15) is 16.8 Å².